The van der Waals surface area contributed by atoms with Gasteiger partial charge in [-0.25, -0.2) is 0 Å². The van der Waals surface area contributed by atoms with Gasteiger partial charge in [0.25, 0.3) is 0 Å². The topological polar surface area (TPSA) is 49.8 Å². The Kier molecular flexibility index (Phi) is 5.43. The zero-order chi connectivity index (χ0) is 17.1. The molecule has 2 aromatic rings. The number of nitrogens with zero attached hydrogens (tertiary/aromatic N) is 1. The normalized spacial score (nSPS) is 17.6. The molecule has 2 heterocycles. The van der Waals surface area contributed by atoms with Gasteiger partial charge in [0.2, 0.25) is 0 Å². The molecule has 0 aliphatic carbocycles. The third kappa shape index (κ3) is 3.58. The van der Waals surface area contributed by atoms with Gasteiger partial charge in [-0.05, 0) is 55.6 Å². The van der Waals surface area contributed by atoms with E-state index >= 15 is 0 Å². The summed E-state index contributed by atoms with van der Waals surface area (Å²) in [6, 6.07) is 9.85. The van der Waals surface area contributed by atoms with Crippen LogP contribution < -0.4 is 4.74 Å². The predicted molar refractivity (Wildman–Crippen MR) is 96.1 cm³/mol. The van der Waals surface area contributed by atoms with Gasteiger partial charge >= 0.3 is 5.97 Å². The predicted octanol–water partition coefficient (Wildman–Crippen LogP) is 4.30. The van der Waals surface area contributed by atoms with E-state index in [0.717, 1.165) is 24.4 Å². The van der Waals surface area contributed by atoms with Crippen LogP contribution in [0, 0.1) is 5.92 Å². The number of halogens is 1. The summed E-state index contributed by atoms with van der Waals surface area (Å²) in [4.78, 5) is 14.8. The molecule has 0 saturated carbocycles. The molecule has 1 saturated heterocycles. The lowest BCUT2D eigenvalue weighted by atomic mass is 9.93. The molecular weight excluding hydrogens is 346 g/mol. The molecule has 0 bridgehead atoms. The summed E-state index contributed by atoms with van der Waals surface area (Å²) in [5, 5.41) is 12.0. The van der Waals surface area contributed by atoms with Gasteiger partial charge in [0.1, 0.15) is 5.75 Å². The molecule has 0 radical (unpaired) electrons. The summed E-state index contributed by atoms with van der Waals surface area (Å²) in [5.41, 5.74) is 1.03. The van der Waals surface area contributed by atoms with Crippen molar-refractivity contribution >= 4 is 28.9 Å². The van der Waals surface area contributed by atoms with Crippen LogP contribution in [0.15, 0.2) is 35.7 Å². The van der Waals surface area contributed by atoms with Gasteiger partial charge in [-0.2, -0.15) is 0 Å². The number of benzene rings is 1. The van der Waals surface area contributed by atoms with Crippen LogP contribution in [0.25, 0.3) is 0 Å². The Morgan fingerprint density at radius 2 is 2.12 bits per heavy atom. The highest BCUT2D eigenvalue weighted by Crippen LogP contribution is 2.39. The van der Waals surface area contributed by atoms with E-state index in [1.807, 2.05) is 24.3 Å². The second-order valence-electron chi connectivity index (χ2n) is 5.95. The number of carboxylic acid groups (broad SMARTS) is 1. The molecule has 128 valence electrons. The van der Waals surface area contributed by atoms with Crippen LogP contribution in [-0.2, 0) is 4.79 Å². The van der Waals surface area contributed by atoms with Crippen LogP contribution in [-0.4, -0.2) is 36.2 Å². The Labute approximate surface area is 150 Å². The maximum atomic E-state index is 11.2. The number of rotatable bonds is 5. The number of ether oxygens (including phenoxy) is 1. The fourth-order valence-electron chi connectivity index (χ4n) is 3.30. The van der Waals surface area contributed by atoms with Crippen molar-refractivity contribution in [2.45, 2.75) is 18.9 Å². The van der Waals surface area contributed by atoms with Gasteiger partial charge in [0, 0.05) is 15.5 Å². The van der Waals surface area contributed by atoms with Crippen LogP contribution >= 0.6 is 22.9 Å². The summed E-state index contributed by atoms with van der Waals surface area (Å²) in [5.74, 6) is -0.132. The quantitative estimate of drug-likeness (QED) is 0.858. The lowest BCUT2D eigenvalue weighted by molar-refractivity contribution is -0.143. The number of hydrogen-bond acceptors (Lipinski definition) is 4. The highest BCUT2D eigenvalue weighted by atomic mass is 35.5. The zero-order valence-electron chi connectivity index (χ0n) is 13.4. The van der Waals surface area contributed by atoms with E-state index in [0.29, 0.717) is 17.9 Å². The number of methoxy groups -OCH3 is 1. The minimum absolute atomic E-state index is 0.0356. The summed E-state index contributed by atoms with van der Waals surface area (Å²) in [6.45, 7) is 1.49. The molecule has 24 heavy (non-hydrogen) atoms. The van der Waals surface area contributed by atoms with Crippen molar-refractivity contribution in [3.63, 3.8) is 0 Å². The molecule has 1 aliphatic rings. The van der Waals surface area contributed by atoms with Crippen molar-refractivity contribution in [2.24, 2.45) is 5.92 Å². The second kappa shape index (κ2) is 7.55. The summed E-state index contributed by atoms with van der Waals surface area (Å²) in [6.07, 6.45) is 1.33. The number of carbonyl (C=O) groups is 1. The van der Waals surface area contributed by atoms with Crippen LogP contribution in [0.1, 0.15) is 29.3 Å². The minimum atomic E-state index is -0.692. The summed E-state index contributed by atoms with van der Waals surface area (Å²) >= 11 is 7.93. The number of piperidine rings is 1. The van der Waals surface area contributed by atoms with Crippen molar-refractivity contribution < 1.29 is 14.6 Å². The molecule has 0 amide bonds. The lowest BCUT2D eigenvalue weighted by Gasteiger charge is -2.36. The zero-order valence-corrected chi connectivity index (χ0v) is 15.0. The molecule has 1 unspecified atom stereocenters. The van der Waals surface area contributed by atoms with Gasteiger partial charge in [0.05, 0.1) is 19.1 Å². The first-order valence-corrected chi connectivity index (χ1v) is 9.19. The number of hydrogen-bond donors (Lipinski definition) is 1. The Hall–Kier alpha value is -1.56. The fourth-order valence-corrected chi connectivity index (χ4v) is 4.36. The summed E-state index contributed by atoms with van der Waals surface area (Å²) in [7, 11) is 1.66. The van der Waals surface area contributed by atoms with Crippen LogP contribution in [0.2, 0.25) is 5.02 Å². The largest absolute Gasteiger partial charge is 0.496 e. The first kappa shape index (κ1) is 17.3. The Balaban J connectivity index is 1.94. The third-order valence-corrected chi connectivity index (χ3v) is 5.70. The number of likely N-dealkylation sites (tertiary alicyclic amines) is 1. The molecule has 1 atom stereocenters. The van der Waals surface area contributed by atoms with E-state index in [2.05, 4.69) is 16.3 Å². The molecule has 1 aliphatic heterocycles. The highest BCUT2D eigenvalue weighted by Gasteiger charge is 2.32. The lowest BCUT2D eigenvalue weighted by Crippen LogP contribution is -2.39. The first-order valence-electron chi connectivity index (χ1n) is 7.94. The average molecular weight is 366 g/mol. The molecule has 1 aromatic heterocycles. The van der Waals surface area contributed by atoms with E-state index in [4.69, 9.17) is 16.3 Å². The Morgan fingerprint density at radius 1 is 1.38 bits per heavy atom. The number of aliphatic carboxylic acids is 1. The van der Waals surface area contributed by atoms with Gasteiger partial charge < -0.3 is 9.84 Å². The molecule has 0 spiro atoms. The molecule has 1 aromatic carbocycles. The first-order chi connectivity index (χ1) is 11.6. The van der Waals surface area contributed by atoms with Gasteiger partial charge in [0.15, 0.2) is 0 Å². The maximum absolute atomic E-state index is 11.2. The fraction of sp³-hybridized carbons (Fsp3) is 0.389. The number of carboxylic acids is 1. The minimum Gasteiger partial charge on any atom is -0.496 e. The maximum Gasteiger partial charge on any atom is 0.306 e. The van der Waals surface area contributed by atoms with Gasteiger partial charge in [-0.3, -0.25) is 9.69 Å². The monoisotopic (exact) mass is 365 g/mol. The van der Waals surface area contributed by atoms with Gasteiger partial charge in [-0.15, -0.1) is 11.3 Å². The van der Waals surface area contributed by atoms with Crippen molar-refractivity contribution in [3.05, 3.63) is 51.2 Å². The average Bonchev–Trinajstić information content (AvgIpc) is 3.10. The van der Waals surface area contributed by atoms with Crippen molar-refractivity contribution in [3.8, 4) is 5.75 Å². The van der Waals surface area contributed by atoms with Crippen molar-refractivity contribution in [1.82, 2.24) is 4.90 Å². The van der Waals surface area contributed by atoms with E-state index < -0.39 is 5.97 Å². The standard InChI is InChI=1S/C18H20ClNO3S/c1-23-15-5-4-13(19)11-14(15)17(16-3-2-10-24-16)20-8-6-12(7-9-20)18(21)22/h2-5,10-12,17H,6-9H2,1H3,(H,21,22). The van der Waals surface area contributed by atoms with E-state index in [9.17, 15) is 9.90 Å². The summed E-state index contributed by atoms with van der Waals surface area (Å²) < 4.78 is 5.55. The molecule has 6 heteroatoms. The molecule has 3 rings (SSSR count). The second-order valence-corrected chi connectivity index (χ2v) is 7.37. The number of thiophene rings is 1. The molecule has 1 N–H and O–H groups in total. The van der Waals surface area contributed by atoms with Crippen molar-refractivity contribution in [2.75, 3.05) is 20.2 Å². The third-order valence-electron chi connectivity index (χ3n) is 4.54. The molecular formula is C18H20ClNO3S. The Bertz CT molecular complexity index is 696. The molecule has 4 nitrogen and oxygen atoms in total. The van der Waals surface area contributed by atoms with E-state index in [1.165, 1.54) is 4.88 Å². The van der Waals surface area contributed by atoms with Gasteiger partial charge in [-0.1, -0.05) is 17.7 Å². The Morgan fingerprint density at radius 3 is 2.71 bits per heavy atom. The van der Waals surface area contributed by atoms with Crippen LogP contribution in [0.4, 0.5) is 0 Å². The highest BCUT2D eigenvalue weighted by molar-refractivity contribution is 7.10. The van der Waals surface area contributed by atoms with Crippen LogP contribution in [0.3, 0.4) is 0 Å². The smallest absolute Gasteiger partial charge is 0.306 e. The molecule has 1 fully saturated rings. The van der Waals surface area contributed by atoms with E-state index in [1.54, 1.807) is 18.4 Å². The van der Waals surface area contributed by atoms with Crippen LogP contribution in [0.5, 0.6) is 5.75 Å². The van der Waals surface area contributed by atoms with E-state index in [-0.39, 0.29) is 12.0 Å². The van der Waals surface area contributed by atoms with Crippen molar-refractivity contribution in [1.29, 1.82) is 0 Å². The SMILES string of the molecule is COc1ccc(Cl)cc1C(c1cccs1)N1CCC(C(=O)O)CC1.